The number of aromatic nitrogens is 4. The molecule has 7 nitrogen and oxygen atoms in total. The zero-order valence-corrected chi connectivity index (χ0v) is 11.1. The maximum atomic E-state index is 11.3. The number of aliphatic carboxylic acids is 1. The molecule has 0 fully saturated rings. The SMILES string of the molecule is CC(C)(C(=O)O)n1nnnc1C1Cc2ccccc2O1. The van der Waals surface area contributed by atoms with Gasteiger partial charge < -0.3 is 9.84 Å². The molecule has 0 amide bonds. The van der Waals surface area contributed by atoms with Crippen molar-refractivity contribution in [2.24, 2.45) is 0 Å². The largest absolute Gasteiger partial charge is 0.482 e. The molecule has 1 unspecified atom stereocenters. The van der Waals surface area contributed by atoms with E-state index in [2.05, 4.69) is 15.5 Å². The summed E-state index contributed by atoms with van der Waals surface area (Å²) in [6.45, 7) is 3.11. The summed E-state index contributed by atoms with van der Waals surface area (Å²) in [5.74, 6) is 0.218. The number of para-hydroxylation sites is 1. The second-order valence-electron chi connectivity index (χ2n) is 5.23. The second-order valence-corrected chi connectivity index (χ2v) is 5.23. The summed E-state index contributed by atoms with van der Waals surface area (Å²) in [4.78, 5) is 11.3. The van der Waals surface area contributed by atoms with Crippen molar-refractivity contribution in [3.63, 3.8) is 0 Å². The molecule has 1 aliphatic rings. The first kappa shape index (κ1) is 12.6. The lowest BCUT2D eigenvalue weighted by molar-refractivity contribution is -0.146. The molecule has 104 valence electrons. The van der Waals surface area contributed by atoms with Gasteiger partial charge in [0.25, 0.3) is 0 Å². The van der Waals surface area contributed by atoms with Gasteiger partial charge in [0, 0.05) is 6.42 Å². The number of tetrazole rings is 1. The fourth-order valence-electron chi connectivity index (χ4n) is 2.21. The highest BCUT2D eigenvalue weighted by molar-refractivity contribution is 5.75. The van der Waals surface area contributed by atoms with Gasteiger partial charge in [-0.15, -0.1) is 5.10 Å². The zero-order valence-electron chi connectivity index (χ0n) is 11.1. The van der Waals surface area contributed by atoms with E-state index >= 15 is 0 Å². The van der Waals surface area contributed by atoms with Crippen LogP contribution in [-0.2, 0) is 16.8 Å². The maximum Gasteiger partial charge on any atom is 0.331 e. The van der Waals surface area contributed by atoms with Crippen molar-refractivity contribution >= 4 is 5.97 Å². The first-order chi connectivity index (χ1) is 9.50. The molecule has 0 bridgehead atoms. The van der Waals surface area contributed by atoms with E-state index in [9.17, 15) is 9.90 Å². The van der Waals surface area contributed by atoms with Crippen LogP contribution >= 0.6 is 0 Å². The van der Waals surface area contributed by atoms with E-state index in [-0.39, 0.29) is 6.10 Å². The Morgan fingerprint density at radius 2 is 2.20 bits per heavy atom. The van der Waals surface area contributed by atoms with Gasteiger partial charge in [0.15, 0.2) is 17.5 Å². The Kier molecular flexibility index (Phi) is 2.70. The molecule has 1 aromatic carbocycles. The molecule has 0 saturated heterocycles. The number of nitrogens with zero attached hydrogens (tertiary/aromatic N) is 4. The highest BCUT2D eigenvalue weighted by Crippen LogP contribution is 2.36. The molecule has 0 spiro atoms. The van der Waals surface area contributed by atoms with Crippen LogP contribution in [0.3, 0.4) is 0 Å². The lowest BCUT2D eigenvalue weighted by Crippen LogP contribution is -2.38. The Hall–Kier alpha value is -2.44. The van der Waals surface area contributed by atoms with Crippen molar-refractivity contribution in [1.82, 2.24) is 20.2 Å². The standard InChI is InChI=1S/C13H14N4O3/c1-13(2,12(18)19)17-11(14-15-16-17)10-7-8-5-3-4-6-9(8)20-10/h3-6,10H,7H2,1-2H3,(H,18,19). The summed E-state index contributed by atoms with van der Waals surface area (Å²) in [6.07, 6.45) is 0.271. The third kappa shape index (κ3) is 1.82. The zero-order chi connectivity index (χ0) is 14.3. The number of carboxylic acids is 1. The summed E-state index contributed by atoms with van der Waals surface area (Å²) in [5, 5.41) is 20.6. The van der Waals surface area contributed by atoms with Gasteiger partial charge in [-0.2, -0.15) is 0 Å². The van der Waals surface area contributed by atoms with Crippen LogP contribution in [0.1, 0.15) is 31.3 Å². The van der Waals surface area contributed by atoms with Crippen molar-refractivity contribution in [2.75, 3.05) is 0 Å². The number of rotatable bonds is 3. The van der Waals surface area contributed by atoms with Gasteiger partial charge in [-0.3, -0.25) is 0 Å². The predicted octanol–water partition coefficient (Wildman–Crippen LogP) is 1.17. The van der Waals surface area contributed by atoms with Crippen LogP contribution < -0.4 is 4.74 Å². The fourth-order valence-corrected chi connectivity index (χ4v) is 2.21. The summed E-state index contributed by atoms with van der Waals surface area (Å²) >= 11 is 0. The van der Waals surface area contributed by atoms with Crippen LogP contribution in [0.5, 0.6) is 5.75 Å². The van der Waals surface area contributed by atoms with E-state index < -0.39 is 11.5 Å². The van der Waals surface area contributed by atoms with E-state index in [0.717, 1.165) is 11.3 Å². The van der Waals surface area contributed by atoms with Crippen LogP contribution in [0.4, 0.5) is 0 Å². The average Bonchev–Trinajstić information content (AvgIpc) is 3.04. The molecule has 0 saturated carbocycles. The number of carbonyl (C=O) groups is 1. The molecule has 0 aliphatic carbocycles. The molecule has 2 aromatic rings. The van der Waals surface area contributed by atoms with Gasteiger partial charge in [0.2, 0.25) is 0 Å². The Morgan fingerprint density at radius 3 is 2.90 bits per heavy atom. The third-order valence-corrected chi connectivity index (χ3v) is 3.48. The smallest absolute Gasteiger partial charge is 0.331 e. The van der Waals surface area contributed by atoms with Crippen molar-refractivity contribution < 1.29 is 14.6 Å². The minimum absolute atomic E-state index is 0.360. The second kappa shape index (κ2) is 4.29. The molecule has 1 atom stereocenters. The Morgan fingerprint density at radius 1 is 1.45 bits per heavy atom. The summed E-state index contributed by atoms with van der Waals surface area (Å²) in [6, 6.07) is 7.69. The highest BCUT2D eigenvalue weighted by atomic mass is 16.5. The number of hydrogen-bond acceptors (Lipinski definition) is 5. The van der Waals surface area contributed by atoms with Crippen molar-refractivity contribution in [3.05, 3.63) is 35.7 Å². The van der Waals surface area contributed by atoms with Crippen LogP contribution in [0, 0.1) is 0 Å². The van der Waals surface area contributed by atoms with Crippen LogP contribution in [-0.4, -0.2) is 31.3 Å². The Balaban J connectivity index is 1.95. The van der Waals surface area contributed by atoms with Gasteiger partial charge in [-0.05, 0) is 35.9 Å². The number of benzene rings is 1. The molecule has 0 radical (unpaired) electrons. The van der Waals surface area contributed by atoms with Crippen molar-refractivity contribution in [1.29, 1.82) is 0 Å². The van der Waals surface area contributed by atoms with Gasteiger partial charge in [-0.25, -0.2) is 9.48 Å². The van der Waals surface area contributed by atoms with Gasteiger partial charge >= 0.3 is 5.97 Å². The normalized spacial score (nSPS) is 17.6. The van der Waals surface area contributed by atoms with E-state index in [1.54, 1.807) is 13.8 Å². The lowest BCUT2D eigenvalue weighted by Gasteiger charge is -2.22. The lowest BCUT2D eigenvalue weighted by atomic mass is 10.1. The van der Waals surface area contributed by atoms with Gasteiger partial charge in [-0.1, -0.05) is 18.2 Å². The maximum absolute atomic E-state index is 11.3. The summed E-state index contributed by atoms with van der Waals surface area (Å²) in [7, 11) is 0. The number of ether oxygens (including phenoxy) is 1. The van der Waals surface area contributed by atoms with Crippen molar-refractivity contribution in [2.45, 2.75) is 31.9 Å². The van der Waals surface area contributed by atoms with Crippen LogP contribution in [0.15, 0.2) is 24.3 Å². The molecule has 1 N–H and O–H groups in total. The first-order valence-corrected chi connectivity index (χ1v) is 6.27. The van der Waals surface area contributed by atoms with Crippen LogP contribution in [0.2, 0.25) is 0 Å². The average molecular weight is 274 g/mol. The number of fused-ring (bicyclic) bond motifs is 1. The fraction of sp³-hybridized carbons (Fsp3) is 0.385. The minimum atomic E-state index is -1.23. The van der Waals surface area contributed by atoms with E-state index in [1.165, 1.54) is 4.68 Å². The molecule has 20 heavy (non-hydrogen) atoms. The molecular weight excluding hydrogens is 260 g/mol. The predicted molar refractivity (Wildman–Crippen MR) is 68.3 cm³/mol. The van der Waals surface area contributed by atoms with Crippen molar-refractivity contribution in [3.8, 4) is 5.75 Å². The van der Waals surface area contributed by atoms with Gasteiger partial charge in [0.05, 0.1) is 0 Å². The number of carboxylic acid groups (broad SMARTS) is 1. The highest BCUT2D eigenvalue weighted by Gasteiger charge is 2.38. The molecule has 1 aliphatic heterocycles. The Bertz CT molecular complexity index is 640. The monoisotopic (exact) mass is 274 g/mol. The Labute approximate surface area is 115 Å². The summed E-state index contributed by atoms with van der Waals surface area (Å²) < 4.78 is 7.12. The van der Waals surface area contributed by atoms with E-state index in [0.29, 0.717) is 12.2 Å². The molecule has 3 rings (SSSR count). The van der Waals surface area contributed by atoms with E-state index in [4.69, 9.17) is 4.74 Å². The topological polar surface area (TPSA) is 90.1 Å². The quantitative estimate of drug-likeness (QED) is 0.903. The molecule has 2 heterocycles. The third-order valence-electron chi connectivity index (χ3n) is 3.48. The minimum Gasteiger partial charge on any atom is -0.482 e. The van der Waals surface area contributed by atoms with Gasteiger partial charge in [0.1, 0.15) is 5.75 Å². The van der Waals surface area contributed by atoms with Crippen LogP contribution in [0.25, 0.3) is 0 Å². The first-order valence-electron chi connectivity index (χ1n) is 6.27. The van der Waals surface area contributed by atoms with E-state index in [1.807, 2.05) is 24.3 Å². The molecular formula is C13H14N4O3. The number of hydrogen-bond donors (Lipinski definition) is 1. The summed E-state index contributed by atoms with van der Waals surface area (Å²) in [5.41, 5.74) is -0.156. The molecule has 7 heteroatoms. The molecule has 1 aromatic heterocycles.